The van der Waals surface area contributed by atoms with Crippen molar-refractivity contribution in [3.05, 3.63) is 52.8 Å². The second-order valence-electron chi connectivity index (χ2n) is 9.86. The first kappa shape index (κ1) is 20.5. The molecule has 4 bridgehead atoms. The van der Waals surface area contributed by atoms with Gasteiger partial charge in [-0.3, -0.25) is 14.6 Å². The lowest BCUT2D eigenvalue weighted by Gasteiger charge is -2.56. The van der Waals surface area contributed by atoms with Crippen LogP contribution in [0, 0.1) is 23.2 Å². The Morgan fingerprint density at radius 1 is 1.10 bits per heavy atom. The fourth-order valence-corrected chi connectivity index (χ4v) is 6.92. The Balaban J connectivity index is 1.35. The summed E-state index contributed by atoms with van der Waals surface area (Å²) in [4.78, 5) is 28.5. The lowest BCUT2D eigenvalue weighted by molar-refractivity contribution is -0.136. The molecule has 1 aromatic heterocycles. The third kappa shape index (κ3) is 4.08. The van der Waals surface area contributed by atoms with Crippen LogP contribution < -0.4 is 5.32 Å². The van der Waals surface area contributed by atoms with Gasteiger partial charge in [0, 0.05) is 18.3 Å². The standard InChI is InChI=1S/C25H27ClN2O3/c26-21-4-3-18(19-2-1-5-27-22(19)10-23(29)30)9-20(21)24(31)28-14-25-11-15-6-16(12-25)8-17(7-15)13-25/h1-5,9,15-17H,6-8,10-14H2,(H,28,31)(H,29,30). The number of carbonyl (C=O) groups excluding carboxylic acids is 1. The average Bonchev–Trinajstić information content (AvgIpc) is 2.72. The molecule has 4 fully saturated rings. The Kier molecular flexibility index (Phi) is 5.25. The maximum atomic E-state index is 13.1. The van der Waals surface area contributed by atoms with Crippen LogP contribution in [-0.4, -0.2) is 28.5 Å². The highest BCUT2D eigenvalue weighted by Gasteiger charge is 2.50. The minimum absolute atomic E-state index is 0.161. The van der Waals surface area contributed by atoms with E-state index in [9.17, 15) is 14.7 Å². The summed E-state index contributed by atoms with van der Waals surface area (Å²) in [7, 11) is 0. The number of benzene rings is 1. The number of carboxylic acid groups (broad SMARTS) is 1. The number of rotatable bonds is 6. The van der Waals surface area contributed by atoms with Crippen LogP contribution in [-0.2, 0) is 11.2 Å². The summed E-state index contributed by atoms with van der Waals surface area (Å²) < 4.78 is 0. The number of hydrogen-bond acceptors (Lipinski definition) is 3. The molecule has 4 aliphatic rings. The minimum Gasteiger partial charge on any atom is -0.481 e. The molecule has 0 saturated heterocycles. The summed E-state index contributed by atoms with van der Waals surface area (Å²) in [6.07, 6.45) is 9.26. The van der Waals surface area contributed by atoms with Crippen molar-refractivity contribution in [2.45, 2.75) is 44.9 Å². The van der Waals surface area contributed by atoms with E-state index in [1.165, 1.54) is 38.5 Å². The van der Waals surface area contributed by atoms with Crippen molar-refractivity contribution < 1.29 is 14.7 Å². The number of carbonyl (C=O) groups is 2. The maximum absolute atomic E-state index is 13.1. The topological polar surface area (TPSA) is 79.3 Å². The van der Waals surface area contributed by atoms with Crippen molar-refractivity contribution in [2.24, 2.45) is 23.2 Å². The van der Waals surface area contributed by atoms with E-state index in [1.807, 2.05) is 6.07 Å². The zero-order chi connectivity index (χ0) is 21.6. The van der Waals surface area contributed by atoms with Crippen LogP contribution in [0.3, 0.4) is 0 Å². The number of carboxylic acids is 1. The summed E-state index contributed by atoms with van der Waals surface area (Å²) in [5.41, 5.74) is 2.60. The molecule has 5 nitrogen and oxygen atoms in total. The zero-order valence-electron chi connectivity index (χ0n) is 17.4. The summed E-state index contributed by atoms with van der Waals surface area (Å²) in [6, 6.07) is 8.85. The monoisotopic (exact) mass is 438 g/mol. The van der Waals surface area contributed by atoms with Crippen LogP contribution >= 0.6 is 11.6 Å². The minimum atomic E-state index is -0.942. The number of nitrogens with one attached hydrogen (secondary N) is 1. The average molecular weight is 439 g/mol. The molecule has 2 aromatic rings. The van der Waals surface area contributed by atoms with Crippen molar-refractivity contribution in [2.75, 3.05) is 6.54 Å². The zero-order valence-corrected chi connectivity index (χ0v) is 18.2. The van der Waals surface area contributed by atoms with Crippen LogP contribution in [0.15, 0.2) is 36.5 Å². The Labute approximate surface area is 187 Å². The number of hydrogen-bond donors (Lipinski definition) is 2. The fraction of sp³-hybridized carbons (Fsp3) is 0.480. The van der Waals surface area contributed by atoms with Gasteiger partial charge in [-0.05, 0) is 85.5 Å². The molecule has 0 atom stereocenters. The molecule has 0 unspecified atom stereocenters. The fourth-order valence-electron chi connectivity index (χ4n) is 6.72. The van der Waals surface area contributed by atoms with E-state index in [4.69, 9.17) is 11.6 Å². The van der Waals surface area contributed by atoms with Gasteiger partial charge in [-0.1, -0.05) is 23.7 Å². The Hall–Kier alpha value is -2.40. The van der Waals surface area contributed by atoms with Crippen LogP contribution in [0.1, 0.15) is 54.6 Å². The van der Waals surface area contributed by atoms with Crippen LogP contribution in [0.25, 0.3) is 11.1 Å². The SMILES string of the molecule is O=C(O)Cc1ncccc1-c1ccc(Cl)c(C(=O)NCC23CC4CC(CC(C4)C2)C3)c1. The van der Waals surface area contributed by atoms with Crippen molar-refractivity contribution in [3.8, 4) is 11.1 Å². The number of aromatic nitrogens is 1. The smallest absolute Gasteiger partial charge is 0.309 e. The number of nitrogens with zero attached hydrogens (tertiary/aromatic N) is 1. The number of amides is 1. The first-order valence-electron chi connectivity index (χ1n) is 11.1. The number of pyridine rings is 1. The molecule has 1 heterocycles. The largest absolute Gasteiger partial charge is 0.481 e. The first-order chi connectivity index (χ1) is 14.9. The van der Waals surface area contributed by atoms with Gasteiger partial charge in [-0.15, -0.1) is 0 Å². The highest BCUT2D eigenvalue weighted by Crippen LogP contribution is 2.59. The molecule has 0 aliphatic heterocycles. The molecule has 1 amide bonds. The normalized spacial score (nSPS) is 28.5. The van der Waals surface area contributed by atoms with Crippen LogP contribution in [0.4, 0.5) is 0 Å². The summed E-state index contributed by atoms with van der Waals surface area (Å²) in [5.74, 6) is 1.42. The highest BCUT2D eigenvalue weighted by atomic mass is 35.5. The van der Waals surface area contributed by atoms with Gasteiger partial charge < -0.3 is 10.4 Å². The molecule has 6 rings (SSSR count). The third-order valence-corrected chi connectivity index (χ3v) is 7.85. The second-order valence-corrected chi connectivity index (χ2v) is 10.3. The van der Waals surface area contributed by atoms with Crippen molar-refractivity contribution in [1.82, 2.24) is 10.3 Å². The Morgan fingerprint density at radius 2 is 1.77 bits per heavy atom. The number of aliphatic carboxylic acids is 1. The summed E-state index contributed by atoms with van der Waals surface area (Å²) in [5, 5.41) is 12.8. The van der Waals surface area contributed by atoms with Crippen molar-refractivity contribution in [1.29, 1.82) is 0 Å². The molecule has 2 N–H and O–H groups in total. The maximum Gasteiger partial charge on any atom is 0.309 e. The van der Waals surface area contributed by atoms with Gasteiger partial charge in [-0.2, -0.15) is 0 Å². The second kappa shape index (κ2) is 7.94. The van der Waals surface area contributed by atoms with E-state index in [2.05, 4.69) is 10.3 Å². The van der Waals surface area contributed by atoms with E-state index >= 15 is 0 Å². The molecule has 4 saturated carbocycles. The van der Waals surface area contributed by atoms with Gasteiger partial charge in [0.1, 0.15) is 0 Å². The molecule has 6 heteroatoms. The van der Waals surface area contributed by atoms with Crippen LogP contribution in [0.2, 0.25) is 5.02 Å². The Morgan fingerprint density at radius 3 is 2.42 bits per heavy atom. The van der Waals surface area contributed by atoms with E-state index in [-0.39, 0.29) is 17.7 Å². The molecule has 1 aromatic carbocycles. The predicted molar refractivity (Wildman–Crippen MR) is 119 cm³/mol. The summed E-state index contributed by atoms with van der Waals surface area (Å²) in [6.45, 7) is 0.715. The van der Waals surface area contributed by atoms with Gasteiger partial charge in [0.05, 0.1) is 22.7 Å². The van der Waals surface area contributed by atoms with E-state index in [0.717, 1.165) is 23.3 Å². The van der Waals surface area contributed by atoms with Gasteiger partial charge >= 0.3 is 5.97 Å². The van der Waals surface area contributed by atoms with Crippen LogP contribution in [0.5, 0.6) is 0 Å². The molecule has 4 aliphatic carbocycles. The lowest BCUT2D eigenvalue weighted by atomic mass is 9.49. The number of halogens is 1. The van der Waals surface area contributed by atoms with Gasteiger partial charge in [0.15, 0.2) is 0 Å². The lowest BCUT2D eigenvalue weighted by Crippen LogP contribution is -2.51. The predicted octanol–water partition coefficient (Wildman–Crippen LogP) is 4.98. The quantitative estimate of drug-likeness (QED) is 0.666. The van der Waals surface area contributed by atoms with Crippen molar-refractivity contribution >= 4 is 23.5 Å². The van der Waals surface area contributed by atoms with Gasteiger partial charge in [0.25, 0.3) is 5.91 Å². The molecular formula is C25H27ClN2O3. The summed E-state index contributed by atoms with van der Waals surface area (Å²) >= 11 is 6.39. The molecular weight excluding hydrogens is 412 g/mol. The van der Waals surface area contributed by atoms with Gasteiger partial charge in [0.2, 0.25) is 0 Å². The highest BCUT2D eigenvalue weighted by molar-refractivity contribution is 6.34. The molecule has 162 valence electrons. The molecule has 31 heavy (non-hydrogen) atoms. The van der Waals surface area contributed by atoms with Gasteiger partial charge in [-0.25, -0.2) is 0 Å². The van der Waals surface area contributed by atoms with E-state index in [0.29, 0.717) is 28.4 Å². The van der Waals surface area contributed by atoms with Crippen molar-refractivity contribution in [3.63, 3.8) is 0 Å². The Bertz CT molecular complexity index is 1000. The van der Waals surface area contributed by atoms with E-state index in [1.54, 1.807) is 30.5 Å². The molecule has 0 radical (unpaired) electrons. The van der Waals surface area contributed by atoms with E-state index < -0.39 is 5.97 Å². The first-order valence-corrected chi connectivity index (χ1v) is 11.5. The third-order valence-electron chi connectivity index (χ3n) is 7.52. The molecule has 0 spiro atoms.